The van der Waals surface area contributed by atoms with E-state index in [1.165, 1.54) is 0 Å². The Balaban J connectivity index is 1.61. The minimum absolute atomic E-state index is 0.120. The number of carbonyl (C=O) groups is 1. The SMILES string of the molecule is O=C(NCC1CCNCC1)Nc1cccc2ccccc12. The number of hydrogen-bond donors (Lipinski definition) is 3. The van der Waals surface area contributed by atoms with E-state index in [0.717, 1.165) is 48.9 Å². The molecule has 2 amide bonds. The van der Waals surface area contributed by atoms with Crippen molar-refractivity contribution < 1.29 is 4.79 Å². The number of carbonyl (C=O) groups excluding carboxylic acids is 1. The van der Waals surface area contributed by atoms with Crippen LogP contribution in [-0.2, 0) is 0 Å². The predicted molar refractivity (Wildman–Crippen MR) is 86.6 cm³/mol. The van der Waals surface area contributed by atoms with Crippen molar-refractivity contribution in [1.82, 2.24) is 10.6 Å². The van der Waals surface area contributed by atoms with E-state index in [4.69, 9.17) is 0 Å². The zero-order chi connectivity index (χ0) is 14.5. The highest BCUT2D eigenvalue weighted by Gasteiger charge is 2.14. The van der Waals surface area contributed by atoms with Crippen molar-refractivity contribution in [3.05, 3.63) is 42.5 Å². The average Bonchev–Trinajstić information content (AvgIpc) is 2.54. The average molecular weight is 283 g/mol. The number of rotatable bonds is 3. The Labute approximate surface area is 124 Å². The molecule has 1 fully saturated rings. The molecule has 4 nitrogen and oxygen atoms in total. The normalized spacial score (nSPS) is 15.8. The summed E-state index contributed by atoms with van der Waals surface area (Å²) in [6.45, 7) is 2.85. The Kier molecular flexibility index (Phi) is 4.36. The van der Waals surface area contributed by atoms with E-state index in [9.17, 15) is 4.79 Å². The highest BCUT2D eigenvalue weighted by molar-refractivity contribution is 6.01. The van der Waals surface area contributed by atoms with Crippen LogP contribution in [0.15, 0.2) is 42.5 Å². The van der Waals surface area contributed by atoms with Crippen LogP contribution in [0.25, 0.3) is 10.8 Å². The summed E-state index contributed by atoms with van der Waals surface area (Å²) in [5.74, 6) is 0.588. The van der Waals surface area contributed by atoms with Crippen LogP contribution in [0, 0.1) is 5.92 Å². The maximum Gasteiger partial charge on any atom is 0.319 e. The maximum atomic E-state index is 12.1. The van der Waals surface area contributed by atoms with Crippen molar-refractivity contribution in [2.24, 2.45) is 5.92 Å². The highest BCUT2D eigenvalue weighted by atomic mass is 16.2. The molecule has 1 heterocycles. The zero-order valence-corrected chi connectivity index (χ0v) is 12.1. The minimum atomic E-state index is -0.120. The number of fused-ring (bicyclic) bond motifs is 1. The number of piperidine rings is 1. The molecule has 0 aliphatic carbocycles. The number of urea groups is 1. The van der Waals surface area contributed by atoms with E-state index in [-0.39, 0.29) is 6.03 Å². The first-order valence-electron chi connectivity index (χ1n) is 7.56. The first kappa shape index (κ1) is 13.9. The second-order valence-corrected chi connectivity index (χ2v) is 5.56. The summed E-state index contributed by atoms with van der Waals surface area (Å²) in [5.41, 5.74) is 0.857. The Morgan fingerprint density at radius 2 is 1.86 bits per heavy atom. The van der Waals surface area contributed by atoms with Crippen LogP contribution in [0.4, 0.5) is 10.5 Å². The third kappa shape index (κ3) is 3.52. The summed E-state index contributed by atoms with van der Waals surface area (Å²) >= 11 is 0. The van der Waals surface area contributed by atoms with Crippen molar-refractivity contribution >= 4 is 22.5 Å². The molecular formula is C17H21N3O. The van der Waals surface area contributed by atoms with Crippen LogP contribution in [0.5, 0.6) is 0 Å². The standard InChI is InChI=1S/C17H21N3O/c21-17(19-12-13-8-10-18-11-9-13)20-16-7-3-5-14-4-1-2-6-15(14)16/h1-7,13,18H,8-12H2,(H2,19,20,21). The first-order chi connectivity index (χ1) is 10.3. The van der Waals surface area contributed by atoms with Gasteiger partial charge in [-0.25, -0.2) is 4.79 Å². The van der Waals surface area contributed by atoms with Crippen molar-refractivity contribution in [2.45, 2.75) is 12.8 Å². The summed E-state index contributed by atoms with van der Waals surface area (Å²) in [6, 6.07) is 13.9. The van der Waals surface area contributed by atoms with E-state index >= 15 is 0 Å². The van der Waals surface area contributed by atoms with Crippen molar-refractivity contribution in [2.75, 3.05) is 25.0 Å². The molecule has 0 aromatic heterocycles. The van der Waals surface area contributed by atoms with E-state index in [2.05, 4.69) is 16.0 Å². The van der Waals surface area contributed by atoms with Gasteiger partial charge in [0.15, 0.2) is 0 Å². The lowest BCUT2D eigenvalue weighted by Gasteiger charge is -2.22. The second kappa shape index (κ2) is 6.59. The molecule has 0 bridgehead atoms. The molecule has 0 atom stereocenters. The number of amides is 2. The van der Waals surface area contributed by atoms with Gasteiger partial charge in [-0.2, -0.15) is 0 Å². The molecule has 2 aromatic carbocycles. The molecule has 3 rings (SSSR count). The Hall–Kier alpha value is -2.07. The van der Waals surface area contributed by atoms with Gasteiger partial charge in [0, 0.05) is 11.9 Å². The van der Waals surface area contributed by atoms with Crippen molar-refractivity contribution in [3.63, 3.8) is 0 Å². The zero-order valence-electron chi connectivity index (χ0n) is 12.1. The van der Waals surface area contributed by atoms with Crippen LogP contribution in [-0.4, -0.2) is 25.7 Å². The molecular weight excluding hydrogens is 262 g/mol. The quantitative estimate of drug-likeness (QED) is 0.811. The van der Waals surface area contributed by atoms with Gasteiger partial charge in [-0.3, -0.25) is 0 Å². The highest BCUT2D eigenvalue weighted by Crippen LogP contribution is 2.22. The fourth-order valence-corrected chi connectivity index (χ4v) is 2.82. The molecule has 0 radical (unpaired) electrons. The summed E-state index contributed by atoms with van der Waals surface area (Å²) in [4.78, 5) is 12.1. The first-order valence-corrected chi connectivity index (χ1v) is 7.56. The Morgan fingerprint density at radius 3 is 2.71 bits per heavy atom. The van der Waals surface area contributed by atoms with Gasteiger partial charge < -0.3 is 16.0 Å². The summed E-state index contributed by atoms with van der Waals surface area (Å²) < 4.78 is 0. The molecule has 2 aromatic rings. The van der Waals surface area contributed by atoms with E-state index in [1.807, 2.05) is 42.5 Å². The lowest BCUT2D eigenvalue weighted by atomic mass is 9.98. The number of hydrogen-bond acceptors (Lipinski definition) is 2. The van der Waals surface area contributed by atoms with Gasteiger partial charge in [-0.15, -0.1) is 0 Å². The van der Waals surface area contributed by atoms with Crippen LogP contribution < -0.4 is 16.0 Å². The van der Waals surface area contributed by atoms with Crippen LogP contribution in [0.3, 0.4) is 0 Å². The van der Waals surface area contributed by atoms with Crippen molar-refractivity contribution in [3.8, 4) is 0 Å². The molecule has 1 aliphatic rings. The predicted octanol–water partition coefficient (Wildman–Crippen LogP) is 2.96. The van der Waals surface area contributed by atoms with Gasteiger partial charge in [-0.1, -0.05) is 36.4 Å². The van der Waals surface area contributed by atoms with E-state index in [1.54, 1.807) is 0 Å². The lowest BCUT2D eigenvalue weighted by Crippen LogP contribution is -2.37. The van der Waals surface area contributed by atoms with Gasteiger partial charge >= 0.3 is 6.03 Å². The fraction of sp³-hybridized carbons (Fsp3) is 0.353. The van der Waals surface area contributed by atoms with Crippen LogP contribution in [0.2, 0.25) is 0 Å². The van der Waals surface area contributed by atoms with Crippen molar-refractivity contribution in [1.29, 1.82) is 0 Å². The van der Waals surface area contributed by atoms with Crippen LogP contribution in [0.1, 0.15) is 12.8 Å². The minimum Gasteiger partial charge on any atom is -0.338 e. The fourth-order valence-electron chi connectivity index (χ4n) is 2.82. The third-order valence-electron chi connectivity index (χ3n) is 4.05. The maximum absolute atomic E-state index is 12.1. The van der Waals surface area contributed by atoms with E-state index < -0.39 is 0 Å². The summed E-state index contributed by atoms with van der Waals surface area (Å²) in [5, 5.41) is 11.5. The molecule has 4 heteroatoms. The number of anilines is 1. The van der Waals surface area contributed by atoms with Gasteiger partial charge in [0.2, 0.25) is 0 Å². The molecule has 0 unspecified atom stereocenters. The molecule has 21 heavy (non-hydrogen) atoms. The summed E-state index contributed by atoms with van der Waals surface area (Å²) in [7, 11) is 0. The molecule has 3 N–H and O–H groups in total. The van der Waals surface area contributed by atoms with Gasteiger partial charge in [0.05, 0.1) is 5.69 Å². The number of benzene rings is 2. The van der Waals surface area contributed by atoms with Gasteiger partial charge in [0.1, 0.15) is 0 Å². The van der Waals surface area contributed by atoms with Crippen LogP contribution >= 0.6 is 0 Å². The second-order valence-electron chi connectivity index (χ2n) is 5.56. The van der Waals surface area contributed by atoms with Gasteiger partial charge in [-0.05, 0) is 43.3 Å². The Bertz CT molecular complexity index is 615. The largest absolute Gasteiger partial charge is 0.338 e. The Morgan fingerprint density at radius 1 is 1.10 bits per heavy atom. The molecule has 1 aliphatic heterocycles. The number of nitrogens with one attached hydrogen (secondary N) is 3. The van der Waals surface area contributed by atoms with E-state index in [0.29, 0.717) is 5.92 Å². The third-order valence-corrected chi connectivity index (χ3v) is 4.05. The smallest absolute Gasteiger partial charge is 0.319 e. The summed E-state index contributed by atoms with van der Waals surface area (Å²) in [6.07, 6.45) is 2.27. The monoisotopic (exact) mass is 283 g/mol. The molecule has 0 spiro atoms. The molecule has 1 saturated heterocycles. The molecule has 110 valence electrons. The topological polar surface area (TPSA) is 53.2 Å². The lowest BCUT2D eigenvalue weighted by molar-refractivity contribution is 0.248. The molecule has 0 saturated carbocycles. The van der Waals surface area contributed by atoms with Gasteiger partial charge in [0.25, 0.3) is 0 Å².